The third-order valence-corrected chi connectivity index (χ3v) is 4.60. The normalized spacial score (nSPS) is 17.2. The monoisotopic (exact) mass is 341 g/mol. The number of thioether (sulfide) groups is 1. The molecule has 1 aliphatic heterocycles. The molecule has 1 nitrogen and oxygen atoms in total. The maximum absolute atomic E-state index is 4.72. The van der Waals surface area contributed by atoms with E-state index in [2.05, 4.69) is 89.1 Å². The van der Waals surface area contributed by atoms with Gasteiger partial charge in [-0.15, -0.1) is 0 Å². The number of hydrogen-bond donors (Lipinski definition) is 0. The predicted molar refractivity (Wildman–Crippen MR) is 113 cm³/mol. The first-order valence-electron chi connectivity index (χ1n) is 8.60. The molecule has 0 atom stereocenters. The molecule has 0 spiro atoms. The molecule has 0 aromatic carbocycles. The van der Waals surface area contributed by atoms with Gasteiger partial charge in [0.15, 0.2) is 0 Å². The molecule has 0 aromatic rings. The van der Waals surface area contributed by atoms with Crippen LogP contribution in [-0.4, -0.2) is 11.6 Å². The number of rotatable bonds is 8. The molecular weight excluding hydrogens is 310 g/mol. The Morgan fingerprint density at radius 3 is 2.71 bits per heavy atom. The first kappa shape index (κ1) is 20.5. The van der Waals surface area contributed by atoms with Gasteiger partial charge in [0.05, 0.1) is 6.54 Å². The molecule has 2 heteroatoms. The molecule has 24 heavy (non-hydrogen) atoms. The Labute approximate surface area is 152 Å². The van der Waals surface area contributed by atoms with Gasteiger partial charge in [-0.3, -0.25) is 4.99 Å². The first-order valence-corrected chi connectivity index (χ1v) is 9.48. The highest BCUT2D eigenvalue weighted by atomic mass is 32.2. The van der Waals surface area contributed by atoms with Crippen LogP contribution in [0.15, 0.2) is 76.7 Å². The molecule has 1 rings (SSSR count). The first-order chi connectivity index (χ1) is 11.4. The minimum absolute atomic E-state index is 0.176. The van der Waals surface area contributed by atoms with Gasteiger partial charge in [-0.05, 0) is 35.7 Å². The smallest absolute Gasteiger partial charge is 0.102 e. The summed E-state index contributed by atoms with van der Waals surface area (Å²) >= 11 is 1.68. The quantitative estimate of drug-likeness (QED) is 0.346. The lowest BCUT2D eigenvalue weighted by Crippen LogP contribution is -2.06. The van der Waals surface area contributed by atoms with Crippen molar-refractivity contribution >= 4 is 16.8 Å². The Bertz CT molecular complexity index is 595. The largest absolute Gasteiger partial charge is 0.273 e. The maximum Gasteiger partial charge on any atom is 0.102 e. The second-order valence-electron chi connectivity index (χ2n) is 6.98. The minimum Gasteiger partial charge on any atom is -0.273 e. The average Bonchev–Trinajstić information content (AvgIpc) is 2.56. The molecule has 0 bridgehead atoms. The lowest BCUT2D eigenvalue weighted by atomic mass is 9.88. The summed E-state index contributed by atoms with van der Waals surface area (Å²) in [6.07, 6.45) is 18.1. The van der Waals surface area contributed by atoms with E-state index in [4.69, 9.17) is 4.99 Å². The number of aliphatic imine (C=N–C) groups is 1. The molecule has 0 unspecified atom stereocenters. The van der Waals surface area contributed by atoms with Crippen LogP contribution in [0.5, 0.6) is 0 Å². The summed E-state index contributed by atoms with van der Waals surface area (Å²) in [7, 11) is 0. The van der Waals surface area contributed by atoms with E-state index < -0.39 is 0 Å². The molecule has 130 valence electrons. The van der Waals surface area contributed by atoms with Crippen LogP contribution in [0.2, 0.25) is 0 Å². The van der Waals surface area contributed by atoms with Crippen molar-refractivity contribution in [3.8, 4) is 0 Å². The van der Waals surface area contributed by atoms with Gasteiger partial charge in [-0.25, -0.2) is 0 Å². The fourth-order valence-corrected chi connectivity index (χ4v) is 2.89. The second kappa shape index (κ2) is 10.4. The summed E-state index contributed by atoms with van der Waals surface area (Å²) in [6, 6.07) is 0. The molecule has 0 amide bonds. The average molecular weight is 342 g/mol. The molecule has 0 radical (unpaired) electrons. The predicted octanol–water partition coefficient (Wildman–Crippen LogP) is 6.89. The highest BCUT2D eigenvalue weighted by Crippen LogP contribution is 2.26. The Balaban J connectivity index is 2.69. The molecular formula is C22H31NS. The topological polar surface area (TPSA) is 12.4 Å². The van der Waals surface area contributed by atoms with Crippen LogP contribution in [0, 0.1) is 11.3 Å². The van der Waals surface area contributed by atoms with Crippen LogP contribution in [0.4, 0.5) is 0 Å². The number of allylic oxidation sites excluding steroid dienone is 7. The number of nitrogens with zero attached hydrogens (tertiary/aromatic N) is 1. The molecule has 1 heterocycles. The summed E-state index contributed by atoms with van der Waals surface area (Å²) in [5.74, 6) is 0.552. The van der Waals surface area contributed by atoms with E-state index in [9.17, 15) is 0 Å². The van der Waals surface area contributed by atoms with E-state index in [1.165, 1.54) is 5.57 Å². The Hall–Kier alpha value is -1.54. The van der Waals surface area contributed by atoms with E-state index in [0.29, 0.717) is 5.92 Å². The third-order valence-electron chi connectivity index (χ3n) is 3.59. The van der Waals surface area contributed by atoms with Crippen molar-refractivity contribution in [1.29, 1.82) is 0 Å². The molecule has 0 saturated carbocycles. The van der Waals surface area contributed by atoms with Gasteiger partial charge in [0.25, 0.3) is 0 Å². The van der Waals surface area contributed by atoms with E-state index in [1.807, 2.05) is 6.08 Å². The van der Waals surface area contributed by atoms with Gasteiger partial charge in [-0.1, -0.05) is 94.6 Å². The molecule has 0 N–H and O–H groups in total. The second-order valence-corrected chi connectivity index (χ2v) is 7.84. The van der Waals surface area contributed by atoms with Crippen molar-refractivity contribution < 1.29 is 0 Å². The standard InChI is InChI=1S/C22H31NS/c1-7-9-14-22(5,6)15-13-19-16-23-21(24-17-19)20(8-2)12-10-11-18(3)4/h7-13,15,17-18H,2,14,16H2,1,3-6H3/b9-7+,11-10-,15-13-,20-12+. The van der Waals surface area contributed by atoms with Gasteiger partial charge in [0.2, 0.25) is 0 Å². The summed E-state index contributed by atoms with van der Waals surface area (Å²) in [5.41, 5.74) is 2.53. The van der Waals surface area contributed by atoms with Gasteiger partial charge >= 0.3 is 0 Å². The van der Waals surface area contributed by atoms with Crippen molar-refractivity contribution in [3.05, 3.63) is 71.7 Å². The van der Waals surface area contributed by atoms with E-state index in [1.54, 1.807) is 11.8 Å². The third kappa shape index (κ3) is 7.83. The van der Waals surface area contributed by atoms with Gasteiger partial charge in [0.1, 0.15) is 5.04 Å². The van der Waals surface area contributed by atoms with Crippen LogP contribution < -0.4 is 0 Å². The fraction of sp³-hybridized carbons (Fsp3) is 0.409. The lowest BCUT2D eigenvalue weighted by Gasteiger charge is -2.18. The minimum atomic E-state index is 0.176. The zero-order valence-corrected chi connectivity index (χ0v) is 16.6. The van der Waals surface area contributed by atoms with Crippen LogP contribution in [-0.2, 0) is 0 Å². The van der Waals surface area contributed by atoms with E-state index in [0.717, 1.165) is 23.6 Å². The van der Waals surface area contributed by atoms with Crippen molar-refractivity contribution in [3.63, 3.8) is 0 Å². The lowest BCUT2D eigenvalue weighted by molar-refractivity contribution is 0.488. The number of hydrogen-bond acceptors (Lipinski definition) is 2. The van der Waals surface area contributed by atoms with Crippen LogP contribution in [0.3, 0.4) is 0 Å². The molecule has 1 aliphatic rings. The zero-order chi connectivity index (χ0) is 18.0. The van der Waals surface area contributed by atoms with Crippen LogP contribution >= 0.6 is 11.8 Å². The Morgan fingerprint density at radius 1 is 1.42 bits per heavy atom. The van der Waals surface area contributed by atoms with Crippen molar-refractivity contribution in [2.45, 2.75) is 41.0 Å². The highest BCUT2D eigenvalue weighted by molar-refractivity contribution is 8.17. The fourth-order valence-electron chi connectivity index (χ4n) is 2.05. The molecule has 0 saturated heterocycles. The summed E-state index contributed by atoms with van der Waals surface area (Å²) in [5, 5.41) is 3.25. The summed E-state index contributed by atoms with van der Waals surface area (Å²) in [4.78, 5) is 4.72. The van der Waals surface area contributed by atoms with Crippen LogP contribution in [0.1, 0.15) is 41.0 Å². The Kier molecular flexibility index (Phi) is 8.84. The van der Waals surface area contributed by atoms with Crippen molar-refractivity contribution in [2.75, 3.05) is 6.54 Å². The highest BCUT2D eigenvalue weighted by Gasteiger charge is 2.13. The summed E-state index contributed by atoms with van der Waals surface area (Å²) in [6.45, 7) is 15.6. The van der Waals surface area contributed by atoms with Gasteiger partial charge < -0.3 is 0 Å². The van der Waals surface area contributed by atoms with Crippen molar-refractivity contribution in [1.82, 2.24) is 0 Å². The molecule has 0 aliphatic carbocycles. The van der Waals surface area contributed by atoms with Gasteiger partial charge in [-0.2, -0.15) is 0 Å². The maximum atomic E-state index is 4.72. The van der Waals surface area contributed by atoms with Gasteiger partial charge in [0, 0.05) is 5.57 Å². The van der Waals surface area contributed by atoms with Crippen LogP contribution in [0.25, 0.3) is 0 Å². The van der Waals surface area contributed by atoms with Crippen molar-refractivity contribution in [2.24, 2.45) is 16.3 Å². The molecule has 0 fully saturated rings. The molecule has 0 aromatic heterocycles. The Morgan fingerprint density at radius 2 is 2.17 bits per heavy atom. The van der Waals surface area contributed by atoms with E-state index >= 15 is 0 Å². The SMILES string of the molecule is C=C/C(=C\C=C/C(C)C)C1=NCC(/C=C\C(C)(C)C/C=C/C)=CS1. The summed E-state index contributed by atoms with van der Waals surface area (Å²) < 4.78 is 0. The zero-order valence-electron chi connectivity index (χ0n) is 15.8. The van der Waals surface area contributed by atoms with E-state index in [-0.39, 0.29) is 5.41 Å².